The van der Waals surface area contributed by atoms with Crippen LogP contribution in [0.15, 0.2) is 6.20 Å². The maximum Gasteiger partial charge on any atom is 0.223 e. The van der Waals surface area contributed by atoms with Crippen molar-refractivity contribution in [1.82, 2.24) is 19.6 Å². The monoisotopic (exact) mass is 335 g/mol. The van der Waals surface area contributed by atoms with Gasteiger partial charge < -0.3 is 10.5 Å². The van der Waals surface area contributed by atoms with Crippen molar-refractivity contribution in [2.24, 2.45) is 18.7 Å². The van der Waals surface area contributed by atoms with Crippen LogP contribution in [0.5, 0.6) is 0 Å². The van der Waals surface area contributed by atoms with Crippen LogP contribution in [0, 0.1) is 12.8 Å². The van der Waals surface area contributed by atoms with Gasteiger partial charge in [-0.2, -0.15) is 5.10 Å². The standard InChI is InChI=1S/C17H29N5O2/c1-13-14(9-19-20(13)2)10-21-5-6-22(12-15(11-21)17(18)23)16-3-7-24-8-4-16/h9,15-16H,3-8,10-12H2,1-2H3,(H2,18,23)/t15-/m0/s1. The first-order valence-corrected chi connectivity index (χ1v) is 8.85. The number of carbonyl (C=O) groups excluding carboxylic acids is 1. The van der Waals surface area contributed by atoms with E-state index in [-0.39, 0.29) is 11.8 Å². The van der Waals surface area contributed by atoms with E-state index in [1.165, 1.54) is 11.3 Å². The summed E-state index contributed by atoms with van der Waals surface area (Å²) in [5.41, 5.74) is 8.08. The highest BCUT2D eigenvalue weighted by atomic mass is 16.5. The average molecular weight is 335 g/mol. The zero-order valence-electron chi connectivity index (χ0n) is 14.8. The molecule has 2 aliphatic rings. The van der Waals surface area contributed by atoms with Gasteiger partial charge in [-0.3, -0.25) is 19.3 Å². The largest absolute Gasteiger partial charge is 0.381 e. The predicted octanol–water partition coefficient (Wildman–Crippen LogP) is 0.127. The molecule has 0 saturated carbocycles. The summed E-state index contributed by atoms with van der Waals surface area (Å²) in [7, 11) is 1.96. The van der Waals surface area contributed by atoms with Crippen LogP contribution in [-0.2, 0) is 23.1 Å². The van der Waals surface area contributed by atoms with Gasteiger partial charge in [0.2, 0.25) is 5.91 Å². The van der Waals surface area contributed by atoms with Gasteiger partial charge in [0, 0.05) is 70.3 Å². The molecule has 0 spiro atoms. The van der Waals surface area contributed by atoms with E-state index in [0.29, 0.717) is 6.04 Å². The minimum Gasteiger partial charge on any atom is -0.381 e. The summed E-state index contributed by atoms with van der Waals surface area (Å²) < 4.78 is 7.37. The van der Waals surface area contributed by atoms with Crippen molar-refractivity contribution in [2.75, 3.05) is 39.4 Å². The summed E-state index contributed by atoms with van der Waals surface area (Å²) in [5.74, 6) is -0.311. The first-order valence-electron chi connectivity index (χ1n) is 8.85. The molecule has 2 fully saturated rings. The number of ether oxygens (including phenoxy) is 1. The van der Waals surface area contributed by atoms with Gasteiger partial charge in [-0.05, 0) is 19.8 Å². The molecule has 0 aromatic carbocycles. The van der Waals surface area contributed by atoms with Crippen LogP contribution >= 0.6 is 0 Å². The third-order valence-electron chi connectivity index (χ3n) is 5.48. The van der Waals surface area contributed by atoms with Crippen molar-refractivity contribution >= 4 is 5.91 Å². The molecule has 1 atom stereocenters. The first-order chi connectivity index (χ1) is 11.5. The molecule has 1 aromatic rings. The van der Waals surface area contributed by atoms with Crippen molar-refractivity contribution < 1.29 is 9.53 Å². The highest BCUT2D eigenvalue weighted by Gasteiger charge is 2.31. The Labute approximate surface area is 143 Å². The molecule has 134 valence electrons. The highest BCUT2D eigenvalue weighted by Crippen LogP contribution is 2.20. The molecule has 2 N–H and O–H groups in total. The number of aromatic nitrogens is 2. The maximum atomic E-state index is 11.9. The smallest absolute Gasteiger partial charge is 0.223 e. The Balaban J connectivity index is 1.68. The number of aryl methyl sites for hydroxylation is 1. The lowest BCUT2D eigenvalue weighted by molar-refractivity contribution is -0.122. The molecule has 7 heteroatoms. The molecule has 0 aliphatic carbocycles. The SMILES string of the molecule is Cc1c(CN2CCN(C3CCOCC3)C[C@@H](C(N)=O)C2)cnn1C. The van der Waals surface area contributed by atoms with Crippen molar-refractivity contribution in [3.05, 3.63) is 17.5 Å². The molecule has 2 saturated heterocycles. The Morgan fingerprint density at radius 3 is 2.71 bits per heavy atom. The fourth-order valence-corrected chi connectivity index (χ4v) is 3.75. The lowest BCUT2D eigenvalue weighted by Gasteiger charge is -2.34. The quantitative estimate of drug-likeness (QED) is 0.846. The van der Waals surface area contributed by atoms with E-state index in [9.17, 15) is 4.79 Å². The second-order valence-corrected chi connectivity index (χ2v) is 7.05. The number of primary amides is 1. The van der Waals surface area contributed by atoms with Crippen LogP contribution in [0.1, 0.15) is 24.1 Å². The number of hydrogen-bond acceptors (Lipinski definition) is 5. The number of nitrogens with zero attached hydrogens (tertiary/aromatic N) is 4. The van der Waals surface area contributed by atoms with Crippen LogP contribution in [0.4, 0.5) is 0 Å². The molecule has 0 radical (unpaired) electrons. The first kappa shape index (κ1) is 17.4. The fraction of sp³-hybridized carbons (Fsp3) is 0.765. The summed E-state index contributed by atoms with van der Waals surface area (Å²) in [6.07, 6.45) is 4.02. The van der Waals surface area contributed by atoms with Crippen LogP contribution in [0.3, 0.4) is 0 Å². The summed E-state index contributed by atoms with van der Waals surface area (Å²) in [5, 5.41) is 4.32. The molecule has 1 aromatic heterocycles. The summed E-state index contributed by atoms with van der Waals surface area (Å²) in [6.45, 7) is 7.97. The minimum atomic E-state index is -0.193. The van der Waals surface area contributed by atoms with Crippen molar-refractivity contribution in [2.45, 2.75) is 32.4 Å². The number of amides is 1. The molecule has 7 nitrogen and oxygen atoms in total. The van der Waals surface area contributed by atoms with Crippen LogP contribution in [-0.4, -0.2) is 70.9 Å². The van der Waals surface area contributed by atoms with Crippen LogP contribution in [0.2, 0.25) is 0 Å². The molecular formula is C17H29N5O2. The van der Waals surface area contributed by atoms with E-state index in [0.717, 1.165) is 58.8 Å². The van der Waals surface area contributed by atoms with Crippen molar-refractivity contribution in [1.29, 1.82) is 0 Å². The average Bonchev–Trinajstić information content (AvgIpc) is 2.79. The molecular weight excluding hydrogens is 306 g/mol. The van der Waals surface area contributed by atoms with E-state index in [4.69, 9.17) is 10.5 Å². The van der Waals surface area contributed by atoms with Gasteiger partial charge in [0.1, 0.15) is 0 Å². The zero-order chi connectivity index (χ0) is 17.1. The molecule has 3 rings (SSSR count). The molecule has 0 bridgehead atoms. The Hall–Kier alpha value is -1.44. The third kappa shape index (κ3) is 3.96. The van der Waals surface area contributed by atoms with Crippen molar-refractivity contribution in [3.8, 4) is 0 Å². The van der Waals surface area contributed by atoms with Crippen LogP contribution < -0.4 is 5.73 Å². The number of rotatable bonds is 4. The number of carbonyl (C=O) groups is 1. The highest BCUT2D eigenvalue weighted by molar-refractivity contribution is 5.77. The molecule has 2 aliphatic heterocycles. The second kappa shape index (κ2) is 7.63. The van der Waals surface area contributed by atoms with E-state index < -0.39 is 0 Å². The van der Waals surface area contributed by atoms with Gasteiger partial charge in [0.05, 0.1) is 12.1 Å². The van der Waals surface area contributed by atoms with Gasteiger partial charge in [-0.15, -0.1) is 0 Å². The summed E-state index contributed by atoms with van der Waals surface area (Å²) in [6, 6.07) is 0.515. The van der Waals surface area contributed by atoms with E-state index >= 15 is 0 Å². The predicted molar refractivity (Wildman–Crippen MR) is 91.3 cm³/mol. The van der Waals surface area contributed by atoms with Crippen molar-refractivity contribution in [3.63, 3.8) is 0 Å². The lowest BCUT2D eigenvalue weighted by Crippen LogP contribution is -2.44. The molecule has 1 amide bonds. The second-order valence-electron chi connectivity index (χ2n) is 7.05. The Bertz CT molecular complexity index is 567. The van der Waals surface area contributed by atoms with E-state index in [1.807, 2.05) is 17.9 Å². The molecule has 0 unspecified atom stereocenters. The van der Waals surface area contributed by atoms with Gasteiger partial charge in [-0.1, -0.05) is 0 Å². The van der Waals surface area contributed by atoms with E-state index in [1.54, 1.807) is 0 Å². The topological polar surface area (TPSA) is 76.6 Å². The van der Waals surface area contributed by atoms with E-state index in [2.05, 4.69) is 21.8 Å². The maximum absolute atomic E-state index is 11.9. The minimum absolute atomic E-state index is 0.118. The third-order valence-corrected chi connectivity index (χ3v) is 5.48. The molecule has 3 heterocycles. The number of hydrogen-bond donors (Lipinski definition) is 1. The Kier molecular flexibility index (Phi) is 5.53. The Morgan fingerprint density at radius 1 is 1.33 bits per heavy atom. The summed E-state index contributed by atoms with van der Waals surface area (Å²) in [4.78, 5) is 16.7. The fourth-order valence-electron chi connectivity index (χ4n) is 3.75. The number of nitrogens with two attached hydrogens (primary N) is 1. The van der Waals surface area contributed by atoms with Gasteiger partial charge >= 0.3 is 0 Å². The molecule has 24 heavy (non-hydrogen) atoms. The Morgan fingerprint density at radius 2 is 2.08 bits per heavy atom. The lowest BCUT2D eigenvalue weighted by atomic mass is 10.0. The summed E-state index contributed by atoms with van der Waals surface area (Å²) >= 11 is 0. The van der Waals surface area contributed by atoms with Crippen LogP contribution in [0.25, 0.3) is 0 Å². The van der Waals surface area contributed by atoms with Gasteiger partial charge in [0.15, 0.2) is 0 Å². The zero-order valence-corrected chi connectivity index (χ0v) is 14.8. The normalized spacial score (nSPS) is 24.8. The van der Waals surface area contributed by atoms with Gasteiger partial charge in [-0.25, -0.2) is 0 Å². The van der Waals surface area contributed by atoms with Gasteiger partial charge in [0.25, 0.3) is 0 Å².